The van der Waals surface area contributed by atoms with Crippen LogP contribution in [0.4, 0.5) is 0 Å². The van der Waals surface area contributed by atoms with Crippen molar-refractivity contribution in [1.82, 2.24) is 5.32 Å². The van der Waals surface area contributed by atoms with Crippen molar-refractivity contribution in [3.05, 3.63) is 0 Å². The maximum Gasteiger partial charge on any atom is 0.173 e. The fraction of sp³-hybridized carbons (Fsp3) is 0.571. The van der Waals surface area contributed by atoms with Gasteiger partial charge in [0.2, 0.25) is 0 Å². The van der Waals surface area contributed by atoms with Gasteiger partial charge in [-0.1, -0.05) is 12.2 Å². The maximum absolute atomic E-state index is 10.7. The molecule has 0 aromatic rings. The van der Waals surface area contributed by atoms with Crippen molar-refractivity contribution in [1.29, 1.82) is 0 Å². The summed E-state index contributed by atoms with van der Waals surface area (Å²) in [4.78, 5) is 15.3. The molecule has 0 heterocycles. The summed E-state index contributed by atoms with van der Waals surface area (Å²) < 4.78 is 0. The quantitative estimate of drug-likeness (QED) is 0.500. The monoisotopic (exact) mass is 172 g/mol. The zero-order chi connectivity index (χ0) is 8.85. The van der Waals surface area contributed by atoms with Crippen LogP contribution in [0, 0.1) is 0 Å². The molecular weight excluding hydrogens is 160 g/mol. The van der Waals surface area contributed by atoms with Crippen molar-refractivity contribution in [3.63, 3.8) is 0 Å². The molecular formula is C7H12N2OS. The third-order valence-corrected chi connectivity index (χ3v) is 1.58. The normalized spacial score (nSPS) is 11.0. The largest absolute Gasteiger partial charge is 0.381 e. The smallest absolute Gasteiger partial charge is 0.173 e. The lowest BCUT2D eigenvalue weighted by Crippen LogP contribution is -2.19. The highest BCUT2D eigenvalue weighted by Gasteiger charge is 1.96. The average Bonchev–Trinajstić information content (AvgIpc) is 1.99. The first kappa shape index (κ1) is 10.2. The number of likely N-dealkylation sites (N-methyl/N-ethyl adjacent to an activating group) is 1. The molecule has 11 heavy (non-hydrogen) atoms. The van der Waals surface area contributed by atoms with E-state index < -0.39 is 0 Å². The van der Waals surface area contributed by atoms with E-state index in [0.29, 0.717) is 17.2 Å². The van der Waals surface area contributed by atoms with Gasteiger partial charge in [-0.3, -0.25) is 9.79 Å². The Hall–Kier alpha value is -0.770. The molecule has 0 aromatic carbocycles. The highest BCUT2D eigenvalue weighted by molar-refractivity contribution is 7.80. The second-order valence-corrected chi connectivity index (χ2v) is 2.62. The molecule has 0 amide bonds. The molecule has 0 atom stereocenters. The van der Waals surface area contributed by atoms with Crippen molar-refractivity contribution in [2.24, 2.45) is 4.99 Å². The van der Waals surface area contributed by atoms with Gasteiger partial charge >= 0.3 is 0 Å². The molecule has 3 nitrogen and oxygen atoms in total. The van der Waals surface area contributed by atoms with Gasteiger partial charge in [0.05, 0.1) is 17.2 Å². The van der Waals surface area contributed by atoms with Crippen LogP contribution in [0.3, 0.4) is 0 Å². The molecule has 0 saturated carbocycles. The molecule has 0 aliphatic rings. The minimum Gasteiger partial charge on any atom is -0.381 e. The number of hydrogen-bond acceptors (Lipinski definition) is 3. The first-order chi connectivity index (χ1) is 5.07. The standard InChI is InChI=1S/C7H12N2OS/c1-5(6(2)10)9-4-7(11)8-3/h4H2,1-3H3,(H,8,11). The minimum absolute atomic E-state index is 0.0103. The van der Waals surface area contributed by atoms with Crippen molar-refractivity contribution < 1.29 is 4.79 Å². The molecule has 0 unspecified atom stereocenters. The van der Waals surface area contributed by atoms with E-state index in [-0.39, 0.29) is 5.78 Å². The van der Waals surface area contributed by atoms with Crippen molar-refractivity contribution in [3.8, 4) is 0 Å². The van der Waals surface area contributed by atoms with Gasteiger partial charge in [-0.2, -0.15) is 0 Å². The zero-order valence-corrected chi connectivity index (χ0v) is 7.79. The fourth-order valence-electron chi connectivity index (χ4n) is 0.381. The lowest BCUT2D eigenvalue weighted by molar-refractivity contribution is -0.111. The van der Waals surface area contributed by atoms with Crippen LogP contribution in [-0.2, 0) is 4.79 Å². The molecule has 0 spiro atoms. The number of thiocarbonyl (C=S) groups is 1. The second kappa shape index (κ2) is 4.96. The number of nitrogens with one attached hydrogen (secondary N) is 1. The molecule has 0 radical (unpaired) electrons. The Morgan fingerprint density at radius 3 is 2.45 bits per heavy atom. The summed E-state index contributed by atoms with van der Waals surface area (Å²) in [5.41, 5.74) is 0.516. The predicted octanol–water partition coefficient (Wildman–Crippen LogP) is 0.583. The summed E-state index contributed by atoms with van der Waals surface area (Å²) in [5, 5.41) is 2.77. The SMILES string of the molecule is CNC(=S)CN=C(C)C(C)=O. The first-order valence-electron chi connectivity index (χ1n) is 3.30. The summed E-state index contributed by atoms with van der Waals surface area (Å²) in [6, 6.07) is 0. The lowest BCUT2D eigenvalue weighted by atomic mass is 10.3. The Kier molecular flexibility index (Phi) is 4.61. The van der Waals surface area contributed by atoms with Gasteiger partial charge in [0, 0.05) is 14.0 Å². The Balaban J connectivity index is 3.92. The van der Waals surface area contributed by atoms with Gasteiger partial charge < -0.3 is 5.32 Å². The topological polar surface area (TPSA) is 41.5 Å². The van der Waals surface area contributed by atoms with Crippen LogP contribution in [0.5, 0.6) is 0 Å². The molecule has 62 valence electrons. The summed E-state index contributed by atoms with van der Waals surface area (Å²) in [5.74, 6) is -0.0103. The summed E-state index contributed by atoms with van der Waals surface area (Å²) >= 11 is 4.83. The van der Waals surface area contributed by atoms with Crippen molar-refractivity contribution >= 4 is 28.7 Å². The summed E-state index contributed by atoms with van der Waals surface area (Å²) in [6.45, 7) is 3.57. The van der Waals surface area contributed by atoms with E-state index in [1.54, 1.807) is 14.0 Å². The van der Waals surface area contributed by atoms with Crippen LogP contribution >= 0.6 is 12.2 Å². The van der Waals surface area contributed by atoms with Gasteiger partial charge in [-0.25, -0.2) is 0 Å². The van der Waals surface area contributed by atoms with Gasteiger partial charge in [0.25, 0.3) is 0 Å². The molecule has 4 heteroatoms. The highest BCUT2D eigenvalue weighted by Crippen LogP contribution is 1.81. The summed E-state index contributed by atoms with van der Waals surface area (Å²) in [6.07, 6.45) is 0. The lowest BCUT2D eigenvalue weighted by Gasteiger charge is -1.97. The van der Waals surface area contributed by atoms with E-state index in [9.17, 15) is 4.79 Å². The van der Waals surface area contributed by atoms with Crippen LogP contribution in [0.15, 0.2) is 4.99 Å². The number of nitrogens with zero attached hydrogens (tertiary/aromatic N) is 1. The molecule has 0 rings (SSSR count). The number of rotatable bonds is 3. The van der Waals surface area contributed by atoms with Gasteiger partial charge in [0.1, 0.15) is 0 Å². The number of aliphatic imine (C=N–C) groups is 1. The fourth-order valence-corrected chi connectivity index (χ4v) is 0.445. The Labute approximate surface area is 71.9 Å². The highest BCUT2D eigenvalue weighted by atomic mass is 32.1. The first-order valence-corrected chi connectivity index (χ1v) is 3.71. The van der Waals surface area contributed by atoms with Crippen LogP contribution in [0.2, 0.25) is 0 Å². The zero-order valence-electron chi connectivity index (χ0n) is 6.97. The molecule has 0 aromatic heterocycles. The number of carbonyl (C=O) groups is 1. The second-order valence-electron chi connectivity index (χ2n) is 2.13. The van der Waals surface area contributed by atoms with Gasteiger partial charge in [-0.15, -0.1) is 0 Å². The Bertz CT molecular complexity index is 199. The van der Waals surface area contributed by atoms with E-state index in [2.05, 4.69) is 10.3 Å². The van der Waals surface area contributed by atoms with Crippen molar-refractivity contribution in [2.45, 2.75) is 13.8 Å². The number of carbonyl (C=O) groups excluding carboxylic acids is 1. The number of ketones is 1. The minimum atomic E-state index is -0.0103. The predicted molar refractivity (Wildman–Crippen MR) is 50.3 cm³/mol. The summed E-state index contributed by atoms with van der Waals surface area (Å²) in [7, 11) is 1.74. The van der Waals surface area contributed by atoms with E-state index in [4.69, 9.17) is 12.2 Å². The maximum atomic E-state index is 10.7. The molecule has 1 N–H and O–H groups in total. The van der Waals surface area contributed by atoms with E-state index in [1.165, 1.54) is 6.92 Å². The van der Waals surface area contributed by atoms with Crippen molar-refractivity contribution in [2.75, 3.05) is 13.6 Å². The Morgan fingerprint density at radius 1 is 1.55 bits per heavy atom. The number of Topliss-reactive ketones (excluding diaryl/α,β-unsaturated/α-hetero) is 1. The van der Waals surface area contributed by atoms with E-state index in [1.807, 2.05) is 0 Å². The van der Waals surface area contributed by atoms with E-state index >= 15 is 0 Å². The van der Waals surface area contributed by atoms with Crippen LogP contribution in [-0.4, -0.2) is 30.1 Å². The third kappa shape index (κ3) is 4.61. The van der Waals surface area contributed by atoms with E-state index in [0.717, 1.165) is 0 Å². The van der Waals surface area contributed by atoms with Gasteiger partial charge in [0.15, 0.2) is 5.78 Å². The molecule has 0 saturated heterocycles. The molecule has 0 fully saturated rings. The Morgan fingerprint density at radius 2 is 2.09 bits per heavy atom. The number of hydrogen-bond donors (Lipinski definition) is 1. The third-order valence-electron chi connectivity index (χ3n) is 1.25. The van der Waals surface area contributed by atoms with Crippen LogP contribution < -0.4 is 5.32 Å². The molecule has 0 aliphatic heterocycles. The van der Waals surface area contributed by atoms with Crippen LogP contribution in [0.1, 0.15) is 13.8 Å². The molecule has 0 bridgehead atoms. The van der Waals surface area contributed by atoms with Gasteiger partial charge in [-0.05, 0) is 6.92 Å². The van der Waals surface area contributed by atoms with Crippen LogP contribution in [0.25, 0.3) is 0 Å². The average molecular weight is 172 g/mol. The molecule has 0 aliphatic carbocycles.